The average Bonchev–Trinajstić information content (AvgIpc) is 2.68. The molecule has 19 heavy (non-hydrogen) atoms. The summed E-state index contributed by atoms with van der Waals surface area (Å²) >= 11 is 0. The van der Waals surface area contributed by atoms with Gasteiger partial charge < -0.3 is 9.30 Å². The molecule has 0 N–H and O–H groups in total. The fraction of sp³-hybridized carbons (Fsp3) is 0.312. The lowest BCUT2D eigenvalue weighted by molar-refractivity contribution is 0.112. The van der Waals surface area contributed by atoms with E-state index in [-0.39, 0.29) is 0 Å². The van der Waals surface area contributed by atoms with Crippen molar-refractivity contribution in [3.63, 3.8) is 0 Å². The second-order valence-electron chi connectivity index (χ2n) is 4.54. The van der Waals surface area contributed by atoms with Crippen molar-refractivity contribution in [1.82, 2.24) is 4.57 Å². The van der Waals surface area contributed by atoms with Gasteiger partial charge in [-0.3, -0.25) is 4.79 Å². The van der Waals surface area contributed by atoms with Crippen molar-refractivity contribution in [2.45, 2.75) is 27.2 Å². The van der Waals surface area contributed by atoms with E-state index in [1.54, 1.807) is 7.11 Å². The Morgan fingerprint density at radius 3 is 2.42 bits per heavy atom. The van der Waals surface area contributed by atoms with E-state index in [0.717, 1.165) is 46.7 Å². The molecular weight excluding hydrogens is 238 g/mol. The number of rotatable bonds is 4. The summed E-state index contributed by atoms with van der Waals surface area (Å²) in [6, 6.07) is 7.86. The number of hydrogen-bond acceptors (Lipinski definition) is 2. The molecule has 100 valence electrons. The largest absolute Gasteiger partial charge is 0.495 e. The number of benzene rings is 1. The van der Waals surface area contributed by atoms with E-state index >= 15 is 0 Å². The fourth-order valence-corrected chi connectivity index (χ4v) is 2.70. The molecule has 0 fully saturated rings. The van der Waals surface area contributed by atoms with Gasteiger partial charge in [-0.05, 0) is 38.0 Å². The van der Waals surface area contributed by atoms with E-state index < -0.39 is 0 Å². The molecule has 0 bridgehead atoms. The maximum Gasteiger partial charge on any atom is 0.152 e. The highest BCUT2D eigenvalue weighted by Gasteiger charge is 2.18. The Hall–Kier alpha value is -2.03. The van der Waals surface area contributed by atoms with Crippen molar-refractivity contribution < 1.29 is 9.53 Å². The highest BCUT2D eigenvalue weighted by atomic mass is 16.5. The molecule has 0 aliphatic carbocycles. The molecule has 0 atom stereocenters. The maximum absolute atomic E-state index is 11.3. The second kappa shape index (κ2) is 5.31. The molecule has 1 aromatic carbocycles. The zero-order chi connectivity index (χ0) is 14.0. The lowest BCUT2D eigenvalue weighted by Gasteiger charge is -2.13. The number of nitrogens with zero attached hydrogens (tertiary/aromatic N) is 1. The minimum absolute atomic E-state index is 0.797. The van der Waals surface area contributed by atoms with Crippen LogP contribution >= 0.6 is 0 Å². The first-order valence-corrected chi connectivity index (χ1v) is 6.45. The zero-order valence-electron chi connectivity index (χ0n) is 11.9. The molecule has 0 spiro atoms. The minimum atomic E-state index is 0.797. The Morgan fingerprint density at radius 2 is 1.89 bits per heavy atom. The molecule has 3 heteroatoms. The monoisotopic (exact) mass is 257 g/mol. The number of carbonyl (C=O) groups excluding carboxylic acids is 1. The van der Waals surface area contributed by atoms with Gasteiger partial charge >= 0.3 is 0 Å². The summed E-state index contributed by atoms with van der Waals surface area (Å²) in [5.41, 5.74) is 4.95. The molecule has 0 aliphatic heterocycles. The highest BCUT2D eigenvalue weighted by molar-refractivity contribution is 5.81. The Kier molecular flexibility index (Phi) is 3.74. The van der Waals surface area contributed by atoms with E-state index in [1.165, 1.54) is 0 Å². The third-order valence-electron chi connectivity index (χ3n) is 3.62. The lowest BCUT2D eigenvalue weighted by Crippen LogP contribution is -2.02. The standard InChI is InChI=1S/C16H19NO2/c1-5-13-11(2)17(12(3)14(13)10-18)15-8-6-7-9-16(15)19-4/h6-10H,5H2,1-4H3. The number of para-hydroxylation sites is 2. The minimum Gasteiger partial charge on any atom is -0.495 e. The maximum atomic E-state index is 11.3. The van der Waals surface area contributed by atoms with Gasteiger partial charge in [0.05, 0.1) is 12.8 Å². The van der Waals surface area contributed by atoms with Crippen LogP contribution in [0.3, 0.4) is 0 Å². The topological polar surface area (TPSA) is 31.2 Å². The van der Waals surface area contributed by atoms with Crippen LogP contribution in [0.15, 0.2) is 24.3 Å². The van der Waals surface area contributed by atoms with Gasteiger partial charge in [0.1, 0.15) is 5.75 Å². The quantitative estimate of drug-likeness (QED) is 0.785. The van der Waals surface area contributed by atoms with Crippen LogP contribution in [-0.4, -0.2) is 18.0 Å². The first-order valence-electron chi connectivity index (χ1n) is 6.45. The summed E-state index contributed by atoms with van der Waals surface area (Å²) in [6.07, 6.45) is 1.80. The summed E-state index contributed by atoms with van der Waals surface area (Å²) in [7, 11) is 1.66. The lowest BCUT2D eigenvalue weighted by atomic mass is 10.1. The van der Waals surface area contributed by atoms with Gasteiger partial charge in [0.2, 0.25) is 0 Å². The normalized spacial score (nSPS) is 10.5. The highest BCUT2D eigenvalue weighted by Crippen LogP contribution is 2.30. The van der Waals surface area contributed by atoms with Crippen molar-refractivity contribution >= 4 is 6.29 Å². The average molecular weight is 257 g/mol. The first kappa shape index (κ1) is 13.4. The van der Waals surface area contributed by atoms with E-state index in [4.69, 9.17) is 4.74 Å². The molecular formula is C16H19NO2. The summed E-state index contributed by atoms with van der Waals surface area (Å²) < 4.78 is 7.52. The number of carbonyl (C=O) groups is 1. The molecule has 0 saturated carbocycles. The van der Waals surface area contributed by atoms with Gasteiger partial charge in [0, 0.05) is 17.0 Å². The summed E-state index contributed by atoms with van der Waals surface area (Å²) in [5.74, 6) is 0.809. The third-order valence-corrected chi connectivity index (χ3v) is 3.62. The van der Waals surface area contributed by atoms with Crippen LogP contribution in [0, 0.1) is 13.8 Å². The number of aromatic nitrogens is 1. The van der Waals surface area contributed by atoms with Gasteiger partial charge in [-0.2, -0.15) is 0 Å². The summed E-state index contributed by atoms with van der Waals surface area (Å²) in [4.78, 5) is 11.3. The molecule has 0 unspecified atom stereocenters. The van der Waals surface area contributed by atoms with Crippen LogP contribution in [-0.2, 0) is 6.42 Å². The molecule has 0 amide bonds. The summed E-state index contributed by atoms with van der Waals surface area (Å²) in [6.45, 7) is 6.09. The number of methoxy groups -OCH3 is 1. The van der Waals surface area contributed by atoms with E-state index in [9.17, 15) is 4.79 Å². The predicted octanol–water partition coefficient (Wildman–Crippen LogP) is 3.48. The Labute approximate surface area is 113 Å². The zero-order valence-corrected chi connectivity index (χ0v) is 11.9. The molecule has 1 heterocycles. The van der Waals surface area contributed by atoms with Crippen LogP contribution in [0.25, 0.3) is 5.69 Å². The molecule has 2 rings (SSSR count). The third kappa shape index (κ3) is 2.05. The Balaban J connectivity index is 2.76. The number of hydrogen-bond donors (Lipinski definition) is 0. The van der Waals surface area contributed by atoms with Crippen LogP contribution < -0.4 is 4.74 Å². The molecule has 2 aromatic rings. The molecule has 0 aliphatic rings. The van der Waals surface area contributed by atoms with Crippen molar-refractivity contribution in [1.29, 1.82) is 0 Å². The van der Waals surface area contributed by atoms with Gasteiger partial charge in [0.25, 0.3) is 0 Å². The van der Waals surface area contributed by atoms with Gasteiger partial charge in [-0.15, -0.1) is 0 Å². The molecule has 0 saturated heterocycles. The van der Waals surface area contributed by atoms with Crippen LogP contribution in [0.4, 0.5) is 0 Å². The Morgan fingerprint density at radius 1 is 1.21 bits per heavy atom. The van der Waals surface area contributed by atoms with Crippen molar-refractivity contribution in [3.8, 4) is 11.4 Å². The van der Waals surface area contributed by atoms with Crippen molar-refractivity contribution in [3.05, 3.63) is 46.8 Å². The molecule has 0 radical (unpaired) electrons. The number of aldehydes is 1. The second-order valence-corrected chi connectivity index (χ2v) is 4.54. The smallest absolute Gasteiger partial charge is 0.152 e. The van der Waals surface area contributed by atoms with Crippen LogP contribution in [0.1, 0.15) is 34.2 Å². The van der Waals surface area contributed by atoms with E-state index in [2.05, 4.69) is 11.5 Å². The predicted molar refractivity (Wildman–Crippen MR) is 76.6 cm³/mol. The van der Waals surface area contributed by atoms with Gasteiger partial charge in [-0.25, -0.2) is 0 Å². The van der Waals surface area contributed by atoms with Crippen LogP contribution in [0.2, 0.25) is 0 Å². The van der Waals surface area contributed by atoms with Gasteiger partial charge in [-0.1, -0.05) is 19.1 Å². The van der Waals surface area contributed by atoms with E-state index in [0.29, 0.717) is 0 Å². The van der Waals surface area contributed by atoms with Crippen molar-refractivity contribution in [2.75, 3.05) is 7.11 Å². The molecule has 3 nitrogen and oxygen atoms in total. The van der Waals surface area contributed by atoms with Crippen molar-refractivity contribution in [2.24, 2.45) is 0 Å². The molecule has 1 aromatic heterocycles. The SMILES string of the molecule is CCc1c(C=O)c(C)n(-c2ccccc2OC)c1C. The van der Waals surface area contributed by atoms with Gasteiger partial charge in [0.15, 0.2) is 6.29 Å². The van der Waals surface area contributed by atoms with Crippen LogP contribution in [0.5, 0.6) is 5.75 Å². The fourth-order valence-electron chi connectivity index (χ4n) is 2.70. The summed E-state index contributed by atoms with van der Waals surface area (Å²) in [5, 5.41) is 0. The van der Waals surface area contributed by atoms with E-state index in [1.807, 2.05) is 38.1 Å². The number of ether oxygens (including phenoxy) is 1. The first-order chi connectivity index (χ1) is 9.15. The Bertz CT molecular complexity index is 611.